The van der Waals surface area contributed by atoms with Gasteiger partial charge in [-0.3, -0.25) is 0 Å². The first-order valence-corrected chi connectivity index (χ1v) is 11.5. The smallest absolute Gasteiger partial charge is 0.338 e. The van der Waals surface area contributed by atoms with E-state index < -0.39 is 6.04 Å². The van der Waals surface area contributed by atoms with Crippen LogP contribution in [-0.4, -0.2) is 27.3 Å². The molecule has 0 unspecified atom stereocenters. The van der Waals surface area contributed by atoms with Gasteiger partial charge in [0.25, 0.3) is 0 Å². The lowest BCUT2D eigenvalue weighted by Crippen LogP contribution is -2.30. The van der Waals surface area contributed by atoms with Gasteiger partial charge in [-0.25, -0.2) is 9.48 Å². The number of hydrogen-bond acceptors (Lipinski definition) is 6. The second-order valence-electron chi connectivity index (χ2n) is 7.52. The van der Waals surface area contributed by atoms with E-state index in [2.05, 4.69) is 22.3 Å². The highest BCUT2D eigenvalue weighted by Gasteiger charge is 2.35. The molecule has 4 rings (SSSR count). The number of carbonyl (C=O) groups excluding carboxylic acids is 1. The quantitative estimate of drug-likeness (QED) is 0.405. The molecule has 0 radical (unpaired) electrons. The Morgan fingerprint density at radius 3 is 2.61 bits per heavy atom. The number of nitrogens with one attached hydrogen (secondary N) is 1. The first kappa shape index (κ1) is 23.1. The van der Waals surface area contributed by atoms with Crippen LogP contribution in [0.3, 0.4) is 0 Å². The molecule has 0 fully saturated rings. The van der Waals surface area contributed by atoms with Gasteiger partial charge in [-0.2, -0.15) is 10.1 Å². The fraction of sp³-hybridized carbons (Fsp3) is 0.292. The van der Waals surface area contributed by atoms with Gasteiger partial charge < -0.3 is 14.8 Å². The zero-order chi connectivity index (χ0) is 23.4. The van der Waals surface area contributed by atoms with Crippen LogP contribution in [0.2, 0.25) is 10.0 Å². The molecular weight excluding hydrogens is 463 g/mol. The second kappa shape index (κ2) is 10.3. The number of hydrogen-bond donors (Lipinski definition) is 1. The zero-order valence-corrected chi connectivity index (χ0v) is 19.9. The third-order valence-electron chi connectivity index (χ3n) is 5.26. The van der Waals surface area contributed by atoms with Crippen molar-refractivity contribution in [1.82, 2.24) is 14.8 Å². The van der Waals surface area contributed by atoms with E-state index in [0.29, 0.717) is 47.0 Å². The van der Waals surface area contributed by atoms with Crippen molar-refractivity contribution in [3.05, 3.63) is 81.2 Å². The molecule has 0 spiro atoms. The van der Waals surface area contributed by atoms with E-state index >= 15 is 0 Å². The Kier molecular flexibility index (Phi) is 7.20. The Morgan fingerprint density at radius 1 is 1.12 bits per heavy atom. The molecule has 2 heterocycles. The Labute approximate surface area is 202 Å². The lowest BCUT2D eigenvalue weighted by Gasteiger charge is -2.29. The van der Waals surface area contributed by atoms with Crippen LogP contribution in [0.15, 0.2) is 60.1 Å². The molecule has 33 heavy (non-hydrogen) atoms. The first-order chi connectivity index (χ1) is 16.0. The van der Waals surface area contributed by atoms with Gasteiger partial charge in [0.05, 0.1) is 22.2 Å². The molecule has 7 nitrogen and oxygen atoms in total. The fourth-order valence-electron chi connectivity index (χ4n) is 3.76. The van der Waals surface area contributed by atoms with Crippen LogP contribution in [0.4, 0.5) is 5.95 Å². The van der Waals surface area contributed by atoms with Crippen molar-refractivity contribution in [2.75, 3.05) is 11.9 Å². The van der Waals surface area contributed by atoms with Gasteiger partial charge in [-0.15, -0.1) is 0 Å². The van der Waals surface area contributed by atoms with Crippen LogP contribution in [0.5, 0.6) is 5.75 Å². The maximum absolute atomic E-state index is 13.0. The van der Waals surface area contributed by atoms with Gasteiger partial charge in [-0.1, -0.05) is 54.7 Å². The Hall–Kier alpha value is -3.03. The molecule has 1 N–H and O–H groups in total. The number of nitrogens with zero attached hydrogens (tertiary/aromatic N) is 3. The summed E-state index contributed by atoms with van der Waals surface area (Å²) in [5.74, 6) is 0.920. The molecule has 3 aromatic rings. The minimum atomic E-state index is -0.450. The lowest BCUT2D eigenvalue weighted by molar-refractivity contribution is -0.139. The summed E-state index contributed by atoms with van der Waals surface area (Å²) in [6.45, 7) is 4.50. The molecule has 0 aliphatic carbocycles. The third-order valence-corrected chi connectivity index (χ3v) is 6.00. The van der Waals surface area contributed by atoms with E-state index in [-0.39, 0.29) is 5.97 Å². The predicted octanol–water partition coefficient (Wildman–Crippen LogP) is 5.80. The molecule has 0 saturated carbocycles. The van der Waals surface area contributed by atoms with Crippen LogP contribution in [0.25, 0.3) is 0 Å². The van der Waals surface area contributed by atoms with Gasteiger partial charge in [0.1, 0.15) is 24.7 Å². The molecular formula is C24H24Cl2N4O3. The summed E-state index contributed by atoms with van der Waals surface area (Å²) in [6, 6.07) is 12.5. The lowest BCUT2D eigenvalue weighted by atomic mass is 9.94. The summed E-state index contributed by atoms with van der Waals surface area (Å²) < 4.78 is 13.0. The van der Waals surface area contributed by atoms with E-state index in [1.54, 1.807) is 23.7 Å². The van der Waals surface area contributed by atoms with E-state index in [1.165, 1.54) is 6.33 Å². The molecule has 172 valence electrons. The molecule has 1 atom stereocenters. The number of esters is 1. The minimum Gasteiger partial charge on any atom is -0.489 e. The number of aromatic nitrogens is 3. The van der Waals surface area contributed by atoms with Crippen LogP contribution < -0.4 is 10.1 Å². The van der Waals surface area contributed by atoms with Crippen molar-refractivity contribution in [3.8, 4) is 5.75 Å². The molecule has 0 bridgehead atoms. The molecule has 2 aromatic carbocycles. The standard InChI is InChI=1S/C24H24Cl2N4O3/c1-3-5-20-21(23(31)32-4-2)22(30-24(29-20)27-14-28-30)16-7-9-17(10-8-16)33-13-15-6-11-18(25)19(26)12-15/h6-12,14,22H,3-5,13H2,1-2H3,(H,27,28,29)/t22-/m1/s1. The third kappa shape index (κ3) is 4.99. The van der Waals surface area contributed by atoms with E-state index in [1.807, 2.05) is 30.3 Å². The van der Waals surface area contributed by atoms with Crippen molar-refractivity contribution < 1.29 is 14.3 Å². The van der Waals surface area contributed by atoms with Crippen LogP contribution in [-0.2, 0) is 16.1 Å². The monoisotopic (exact) mass is 486 g/mol. The number of allylic oxidation sites excluding steroid dienone is 1. The van der Waals surface area contributed by atoms with E-state index in [0.717, 1.165) is 23.2 Å². The summed E-state index contributed by atoms with van der Waals surface area (Å²) in [6.07, 6.45) is 3.04. The molecule has 9 heteroatoms. The average Bonchev–Trinajstić information content (AvgIpc) is 3.28. The van der Waals surface area contributed by atoms with Crippen LogP contribution in [0.1, 0.15) is 43.9 Å². The Bertz CT molecular complexity index is 1170. The summed E-state index contributed by atoms with van der Waals surface area (Å²) in [5, 5.41) is 8.61. The summed E-state index contributed by atoms with van der Waals surface area (Å²) in [4.78, 5) is 17.3. The Balaban J connectivity index is 1.61. The van der Waals surface area contributed by atoms with Gasteiger partial charge >= 0.3 is 5.97 Å². The molecule has 0 amide bonds. The van der Waals surface area contributed by atoms with Crippen LogP contribution >= 0.6 is 23.2 Å². The van der Waals surface area contributed by atoms with Gasteiger partial charge in [0.15, 0.2) is 0 Å². The number of fused-ring (bicyclic) bond motifs is 1. The number of ether oxygens (including phenoxy) is 2. The number of rotatable bonds is 8. The van der Waals surface area contributed by atoms with Crippen molar-refractivity contribution in [1.29, 1.82) is 0 Å². The summed E-state index contributed by atoms with van der Waals surface area (Å²) >= 11 is 12.1. The highest BCUT2D eigenvalue weighted by molar-refractivity contribution is 6.42. The maximum atomic E-state index is 13.0. The summed E-state index contributed by atoms with van der Waals surface area (Å²) in [5.41, 5.74) is 3.14. The van der Waals surface area contributed by atoms with Crippen molar-refractivity contribution >= 4 is 35.1 Å². The highest BCUT2D eigenvalue weighted by Crippen LogP contribution is 2.37. The molecule has 1 aliphatic rings. The van der Waals surface area contributed by atoms with E-state index in [4.69, 9.17) is 32.7 Å². The Morgan fingerprint density at radius 2 is 1.91 bits per heavy atom. The van der Waals surface area contributed by atoms with Crippen molar-refractivity contribution in [3.63, 3.8) is 0 Å². The number of benzene rings is 2. The maximum Gasteiger partial charge on any atom is 0.338 e. The topological polar surface area (TPSA) is 78.3 Å². The first-order valence-electron chi connectivity index (χ1n) is 10.7. The van der Waals surface area contributed by atoms with Gasteiger partial charge in [0, 0.05) is 5.70 Å². The molecule has 1 aromatic heterocycles. The van der Waals surface area contributed by atoms with Gasteiger partial charge in [0.2, 0.25) is 5.95 Å². The van der Waals surface area contributed by atoms with Crippen molar-refractivity contribution in [2.24, 2.45) is 0 Å². The van der Waals surface area contributed by atoms with Gasteiger partial charge in [-0.05, 0) is 48.7 Å². The summed E-state index contributed by atoms with van der Waals surface area (Å²) in [7, 11) is 0. The number of halogens is 2. The minimum absolute atomic E-state index is 0.292. The largest absolute Gasteiger partial charge is 0.489 e. The van der Waals surface area contributed by atoms with Crippen LogP contribution in [0, 0.1) is 0 Å². The SMILES string of the molecule is CCCC1=C(C(=O)OCC)[C@@H](c2ccc(OCc3ccc(Cl)c(Cl)c3)cc2)n2ncnc2N1. The van der Waals surface area contributed by atoms with E-state index in [9.17, 15) is 4.79 Å². The highest BCUT2D eigenvalue weighted by atomic mass is 35.5. The number of anilines is 1. The van der Waals surface area contributed by atoms with Crippen molar-refractivity contribution in [2.45, 2.75) is 39.3 Å². The average molecular weight is 487 g/mol. The normalized spacial score (nSPS) is 15.1. The zero-order valence-electron chi connectivity index (χ0n) is 18.3. The fourth-order valence-corrected chi connectivity index (χ4v) is 4.08. The predicted molar refractivity (Wildman–Crippen MR) is 128 cm³/mol. The molecule has 1 aliphatic heterocycles. The molecule has 0 saturated heterocycles. The number of carbonyl (C=O) groups is 1. The second-order valence-corrected chi connectivity index (χ2v) is 8.34.